The van der Waals surface area contributed by atoms with Gasteiger partial charge in [0.25, 0.3) is 0 Å². The molecule has 1 unspecified atom stereocenters. The lowest BCUT2D eigenvalue weighted by Crippen LogP contribution is -2.26. The molecule has 90 valence electrons. The van der Waals surface area contributed by atoms with Crippen molar-refractivity contribution in [1.82, 2.24) is 0 Å². The zero-order valence-corrected chi connectivity index (χ0v) is 9.48. The van der Waals surface area contributed by atoms with E-state index < -0.39 is 11.6 Å². The molecule has 3 N–H and O–H groups in total. The molecular weight excluding hydrogens is 238 g/mol. The standard InChI is InChI=1S/C10H12F2N2O.ClH/c1-6(5-13)10(15)14-7-2-3-8(11)9(12)4-7;/h2-4,6H,5,13H2,1H3,(H,14,15);1H. The van der Waals surface area contributed by atoms with Crippen LogP contribution in [0.5, 0.6) is 0 Å². The minimum absolute atomic E-state index is 0. The summed E-state index contributed by atoms with van der Waals surface area (Å²) >= 11 is 0. The van der Waals surface area contributed by atoms with Crippen molar-refractivity contribution < 1.29 is 13.6 Å². The Bertz CT molecular complexity index is 374. The molecule has 0 aliphatic heterocycles. The second kappa shape index (κ2) is 6.40. The van der Waals surface area contributed by atoms with E-state index in [0.29, 0.717) is 0 Å². The number of nitrogens with one attached hydrogen (secondary N) is 1. The Morgan fingerprint density at radius 1 is 1.44 bits per heavy atom. The van der Waals surface area contributed by atoms with Gasteiger partial charge >= 0.3 is 0 Å². The fraction of sp³-hybridized carbons (Fsp3) is 0.300. The Kier molecular flexibility index (Phi) is 5.92. The molecule has 0 saturated heterocycles. The zero-order valence-electron chi connectivity index (χ0n) is 8.67. The van der Waals surface area contributed by atoms with Crippen molar-refractivity contribution in [3.05, 3.63) is 29.8 Å². The maximum absolute atomic E-state index is 12.8. The summed E-state index contributed by atoms with van der Waals surface area (Å²) in [6, 6.07) is 3.17. The van der Waals surface area contributed by atoms with Crippen LogP contribution < -0.4 is 11.1 Å². The van der Waals surface area contributed by atoms with Gasteiger partial charge in [0.1, 0.15) is 0 Å². The number of hydrogen-bond donors (Lipinski definition) is 2. The highest BCUT2D eigenvalue weighted by molar-refractivity contribution is 5.92. The highest BCUT2D eigenvalue weighted by atomic mass is 35.5. The highest BCUT2D eigenvalue weighted by Crippen LogP contribution is 2.13. The zero-order chi connectivity index (χ0) is 11.4. The molecule has 6 heteroatoms. The molecule has 1 aromatic rings. The van der Waals surface area contributed by atoms with E-state index in [0.717, 1.165) is 12.1 Å². The molecule has 0 aliphatic rings. The minimum Gasteiger partial charge on any atom is -0.330 e. The molecule has 0 saturated carbocycles. The summed E-state index contributed by atoms with van der Waals surface area (Å²) in [4.78, 5) is 11.3. The Balaban J connectivity index is 0.00000225. The number of rotatable bonds is 3. The van der Waals surface area contributed by atoms with Crippen LogP contribution in [0, 0.1) is 17.6 Å². The molecule has 0 heterocycles. The predicted octanol–water partition coefficient (Wildman–Crippen LogP) is 1.92. The van der Waals surface area contributed by atoms with Crippen LogP contribution in [0.3, 0.4) is 0 Å². The molecule has 1 aromatic carbocycles. The lowest BCUT2D eigenvalue weighted by molar-refractivity contribution is -0.119. The van der Waals surface area contributed by atoms with Crippen molar-refractivity contribution in [3.8, 4) is 0 Å². The van der Waals surface area contributed by atoms with Gasteiger partial charge in [0, 0.05) is 24.2 Å². The average Bonchev–Trinajstić information content (AvgIpc) is 2.22. The number of carbonyl (C=O) groups excluding carboxylic acids is 1. The number of hydrogen-bond acceptors (Lipinski definition) is 2. The lowest BCUT2D eigenvalue weighted by atomic mass is 10.1. The molecule has 1 rings (SSSR count). The van der Waals surface area contributed by atoms with Crippen molar-refractivity contribution >= 4 is 24.0 Å². The minimum atomic E-state index is -0.992. The van der Waals surface area contributed by atoms with E-state index >= 15 is 0 Å². The van der Waals surface area contributed by atoms with Crippen LogP contribution in [-0.4, -0.2) is 12.5 Å². The summed E-state index contributed by atoms with van der Waals surface area (Å²) in [5, 5.41) is 2.44. The quantitative estimate of drug-likeness (QED) is 0.861. The molecule has 1 atom stereocenters. The fourth-order valence-electron chi connectivity index (χ4n) is 0.946. The third kappa shape index (κ3) is 3.75. The van der Waals surface area contributed by atoms with Crippen LogP contribution in [-0.2, 0) is 4.79 Å². The third-order valence-electron chi connectivity index (χ3n) is 1.99. The van der Waals surface area contributed by atoms with E-state index in [1.807, 2.05) is 0 Å². The Hall–Kier alpha value is -1.20. The topological polar surface area (TPSA) is 55.1 Å². The van der Waals surface area contributed by atoms with Gasteiger partial charge in [-0.3, -0.25) is 4.79 Å². The monoisotopic (exact) mass is 250 g/mol. The first-order chi connectivity index (χ1) is 7.04. The first-order valence-corrected chi connectivity index (χ1v) is 4.50. The molecule has 0 fully saturated rings. The number of nitrogens with two attached hydrogens (primary N) is 1. The summed E-state index contributed by atoms with van der Waals surface area (Å²) in [5.74, 6) is -2.62. The molecule has 0 radical (unpaired) electrons. The lowest BCUT2D eigenvalue weighted by Gasteiger charge is -2.09. The number of amides is 1. The molecule has 16 heavy (non-hydrogen) atoms. The van der Waals surface area contributed by atoms with E-state index in [1.54, 1.807) is 6.92 Å². The van der Waals surface area contributed by atoms with Gasteiger partial charge in [0.2, 0.25) is 5.91 Å². The first kappa shape index (κ1) is 14.8. The van der Waals surface area contributed by atoms with Gasteiger partial charge in [-0.1, -0.05) is 6.92 Å². The number of anilines is 1. The van der Waals surface area contributed by atoms with Gasteiger partial charge in [0.05, 0.1) is 0 Å². The predicted molar refractivity (Wildman–Crippen MR) is 60.5 cm³/mol. The molecule has 0 bridgehead atoms. The van der Waals surface area contributed by atoms with Crippen molar-refractivity contribution in [2.24, 2.45) is 11.7 Å². The van der Waals surface area contributed by atoms with Crippen LogP contribution in [0.15, 0.2) is 18.2 Å². The van der Waals surface area contributed by atoms with Gasteiger partial charge in [-0.15, -0.1) is 12.4 Å². The summed E-state index contributed by atoms with van der Waals surface area (Å²) in [6.45, 7) is 1.85. The van der Waals surface area contributed by atoms with Crippen LogP contribution >= 0.6 is 12.4 Å². The van der Waals surface area contributed by atoms with Gasteiger partial charge in [-0.25, -0.2) is 8.78 Å². The van der Waals surface area contributed by atoms with Crippen molar-refractivity contribution in [3.63, 3.8) is 0 Å². The number of benzene rings is 1. The highest BCUT2D eigenvalue weighted by Gasteiger charge is 2.11. The second-order valence-electron chi connectivity index (χ2n) is 3.25. The Morgan fingerprint density at radius 3 is 2.56 bits per heavy atom. The van der Waals surface area contributed by atoms with Crippen molar-refractivity contribution in [2.75, 3.05) is 11.9 Å². The van der Waals surface area contributed by atoms with Crippen molar-refractivity contribution in [1.29, 1.82) is 0 Å². The maximum atomic E-state index is 12.8. The van der Waals surface area contributed by atoms with Gasteiger partial charge in [0.15, 0.2) is 11.6 Å². The normalized spacial score (nSPS) is 11.5. The maximum Gasteiger partial charge on any atom is 0.228 e. The summed E-state index contributed by atoms with van der Waals surface area (Å²) in [5.41, 5.74) is 5.51. The Labute approximate surface area is 98.4 Å². The summed E-state index contributed by atoms with van der Waals surface area (Å²) in [7, 11) is 0. The molecular formula is C10H13ClF2N2O. The van der Waals surface area contributed by atoms with Gasteiger partial charge < -0.3 is 11.1 Å². The Morgan fingerprint density at radius 2 is 2.06 bits per heavy atom. The van der Waals surface area contributed by atoms with Crippen molar-refractivity contribution in [2.45, 2.75) is 6.92 Å². The third-order valence-corrected chi connectivity index (χ3v) is 1.99. The van der Waals surface area contributed by atoms with E-state index in [4.69, 9.17) is 5.73 Å². The molecule has 0 aliphatic carbocycles. The SMILES string of the molecule is CC(CN)C(=O)Nc1ccc(F)c(F)c1.Cl. The van der Waals surface area contributed by atoms with Crippen LogP contribution in [0.25, 0.3) is 0 Å². The van der Waals surface area contributed by atoms with E-state index in [2.05, 4.69) is 5.32 Å². The van der Waals surface area contributed by atoms with Gasteiger partial charge in [-0.05, 0) is 12.1 Å². The second-order valence-corrected chi connectivity index (χ2v) is 3.25. The van der Waals surface area contributed by atoms with Crippen LogP contribution in [0.1, 0.15) is 6.92 Å². The van der Waals surface area contributed by atoms with E-state index in [1.165, 1.54) is 6.07 Å². The van der Waals surface area contributed by atoms with Gasteiger partial charge in [-0.2, -0.15) is 0 Å². The molecule has 3 nitrogen and oxygen atoms in total. The largest absolute Gasteiger partial charge is 0.330 e. The summed E-state index contributed by atoms with van der Waals surface area (Å²) < 4.78 is 25.3. The molecule has 0 spiro atoms. The van der Waals surface area contributed by atoms with Crippen LogP contribution in [0.2, 0.25) is 0 Å². The van der Waals surface area contributed by atoms with E-state index in [-0.39, 0.29) is 36.5 Å². The molecule has 1 amide bonds. The first-order valence-electron chi connectivity index (χ1n) is 4.50. The average molecular weight is 251 g/mol. The molecule has 0 aromatic heterocycles. The fourth-order valence-corrected chi connectivity index (χ4v) is 0.946. The smallest absolute Gasteiger partial charge is 0.228 e. The van der Waals surface area contributed by atoms with E-state index in [9.17, 15) is 13.6 Å². The summed E-state index contributed by atoms with van der Waals surface area (Å²) in [6.07, 6.45) is 0. The van der Waals surface area contributed by atoms with Crippen LogP contribution in [0.4, 0.5) is 14.5 Å². The number of carbonyl (C=O) groups is 1. The number of halogens is 3.